The number of nitrogens with zero attached hydrogens (tertiary/aromatic N) is 4. The van der Waals surface area contributed by atoms with Crippen molar-refractivity contribution in [2.45, 2.75) is 44.3 Å². The lowest BCUT2D eigenvalue weighted by Crippen LogP contribution is -2.22. The second-order valence-corrected chi connectivity index (χ2v) is 8.77. The number of hydrogen-bond donors (Lipinski definition) is 1. The van der Waals surface area contributed by atoms with Crippen LogP contribution in [-0.2, 0) is 17.8 Å². The summed E-state index contributed by atoms with van der Waals surface area (Å²) < 4.78 is 3.36. The van der Waals surface area contributed by atoms with Crippen LogP contribution in [-0.4, -0.2) is 30.8 Å². The first-order valence-corrected chi connectivity index (χ1v) is 12.1. The molecule has 0 aliphatic rings. The van der Waals surface area contributed by atoms with Crippen LogP contribution < -0.4 is 10.9 Å². The maximum Gasteiger partial charge on any atom is 0.263 e. The molecule has 0 bridgehead atoms. The number of anilines is 1. The van der Waals surface area contributed by atoms with Crippen LogP contribution in [0.25, 0.3) is 16.7 Å². The molecule has 0 aliphatic heterocycles. The van der Waals surface area contributed by atoms with Gasteiger partial charge >= 0.3 is 0 Å². The van der Waals surface area contributed by atoms with Gasteiger partial charge in [0.1, 0.15) is 0 Å². The number of benzene rings is 2. The number of thioether (sulfide) groups is 1. The zero-order valence-corrected chi connectivity index (χ0v) is 19.5. The molecule has 33 heavy (non-hydrogen) atoms. The number of carbonyl (C=O) groups excluding carboxylic acids is 1. The van der Waals surface area contributed by atoms with Crippen molar-refractivity contribution in [3.05, 3.63) is 77.1 Å². The molecule has 7 nitrogen and oxygen atoms in total. The zero-order valence-electron chi connectivity index (χ0n) is 18.7. The van der Waals surface area contributed by atoms with Crippen LogP contribution in [0.2, 0.25) is 0 Å². The predicted molar refractivity (Wildman–Crippen MR) is 134 cm³/mol. The van der Waals surface area contributed by atoms with Crippen LogP contribution in [0, 0.1) is 0 Å². The van der Waals surface area contributed by atoms with Crippen molar-refractivity contribution in [2.75, 3.05) is 11.1 Å². The lowest BCUT2D eigenvalue weighted by atomic mass is 10.1. The van der Waals surface area contributed by atoms with Crippen molar-refractivity contribution in [1.82, 2.24) is 19.2 Å². The molecule has 2 aromatic heterocycles. The van der Waals surface area contributed by atoms with Crippen LogP contribution in [0.5, 0.6) is 0 Å². The standard InChI is InChI=1S/C25H27N5O2S/c1-3-5-6-9-18-12-14-19(15-13-18)26-22(31)17-33-25-28-27-24-29(16-4-2)23(32)20-10-7-8-11-21(20)30(24)25/h4,7-8,10-15H,2-3,5-6,9,16-17H2,1H3,(H,26,31). The number of aromatic nitrogens is 4. The van der Waals surface area contributed by atoms with Crippen molar-refractivity contribution in [1.29, 1.82) is 0 Å². The lowest BCUT2D eigenvalue weighted by molar-refractivity contribution is -0.113. The fourth-order valence-corrected chi connectivity index (χ4v) is 4.52. The maximum absolute atomic E-state index is 12.9. The third-order valence-electron chi connectivity index (χ3n) is 5.43. The number of unbranched alkanes of at least 4 members (excludes halogenated alkanes) is 2. The highest BCUT2D eigenvalue weighted by Crippen LogP contribution is 2.22. The van der Waals surface area contributed by atoms with E-state index in [9.17, 15) is 9.59 Å². The minimum atomic E-state index is -0.141. The summed E-state index contributed by atoms with van der Waals surface area (Å²) >= 11 is 1.28. The van der Waals surface area contributed by atoms with Crippen LogP contribution in [0.3, 0.4) is 0 Å². The number of hydrogen-bond acceptors (Lipinski definition) is 5. The summed E-state index contributed by atoms with van der Waals surface area (Å²) in [5.41, 5.74) is 2.63. The van der Waals surface area contributed by atoms with Gasteiger partial charge in [-0.25, -0.2) is 0 Å². The van der Waals surface area contributed by atoms with Gasteiger partial charge < -0.3 is 5.32 Å². The Morgan fingerprint density at radius 3 is 2.67 bits per heavy atom. The quantitative estimate of drug-likeness (QED) is 0.210. The molecule has 2 aromatic carbocycles. The van der Waals surface area contributed by atoms with Gasteiger partial charge in [0.15, 0.2) is 5.16 Å². The smallest absolute Gasteiger partial charge is 0.263 e. The van der Waals surface area contributed by atoms with E-state index in [1.54, 1.807) is 12.1 Å². The summed E-state index contributed by atoms with van der Waals surface area (Å²) in [6.45, 7) is 6.26. The monoisotopic (exact) mass is 461 g/mol. The summed E-state index contributed by atoms with van der Waals surface area (Å²) in [5, 5.41) is 12.5. The fourth-order valence-electron chi connectivity index (χ4n) is 3.78. The first-order chi connectivity index (χ1) is 16.1. The normalized spacial score (nSPS) is 11.2. The molecule has 170 valence electrons. The second kappa shape index (κ2) is 10.5. The van der Waals surface area contributed by atoms with Crippen LogP contribution in [0.4, 0.5) is 5.69 Å². The van der Waals surface area contributed by atoms with Gasteiger partial charge in [-0.2, -0.15) is 0 Å². The lowest BCUT2D eigenvalue weighted by Gasteiger charge is -2.10. The Morgan fingerprint density at radius 1 is 1.12 bits per heavy atom. The van der Waals surface area contributed by atoms with E-state index in [0.717, 1.165) is 12.1 Å². The summed E-state index contributed by atoms with van der Waals surface area (Å²) in [5.74, 6) is 0.480. The van der Waals surface area contributed by atoms with Crippen LogP contribution in [0.1, 0.15) is 31.7 Å². The molecule has 1 N–H and O–H groups in total. The Bertz CT molecular complexity index is 1340. The zero-order chi connectivity index (χ0) is 23.2. The third-order valence-corrected chi connectivity index (χ3v) is 6.36. The van der Waals surface area contributed by atoms with Crippen LogP contribution >= 0.6 is 11.8 Å². The van der Waals surface area contributed by atoms with E-state index in [-0.39, 0.29) is 17.2 Å². The molecule has 0 saturated carbocycles. The summed E-state index contributed by atoms with van der Waals surface area (Å²) in [6, 6.07) is 15.3. The summed E-state index contributed by atoms with van der Waals surface area (Å²) in [7, 11) is 0. The first kappa shape index (κ1) is 22.8. The number of carbonyl (C=O) groups is 1. The predicted octanol–water partition coefficient (Wildman–Crippen LogP) is 4.69. The van der Waals surface area contributed by atoms with Crippen molar-refractivity contribution in [3.8, 4) is 0 Å². The highest BCUT2D eigenvalue weighted by molar-refractivity contribution is 7.99. The number of amides is 1. The molecule has 1 amide bonds. The first-order valence-electron chi connectivity index (χ1n) is 11.1. The summed E-state index contributed by atoms with van der Waals surface area (Å²) in [4.78, 5) is 25.4. The number of aryl methyl sites for hydroxylation is 1. The molecule has 0 spiro atoms. The minimum absolute atomic E-state index is 0.126. The van der Waals surface area contributed by atoms with E-state index in [4.69, 9.17) is 0 Å². The Balaban J connectivity index is 1.50. The van der Waals surface area contributed by atoms with Gasteiger partial charge in [-0.1, -0.05) is 61.9 Å². The number of allylic oxidation sites excluding steroid dienone is 1. The van der Waals surface area contributed by atoms with Gasteiger partial charge in [-0.3, -0.25) is 18.6 Å². The molecule has 2 heterocycles. The van der Waals surface area contributed by atoms with E-state index in [2.05, 4.69) is 41.1 Å². The van der Waals surface area contributed by atoms with Gasteiger partial charge in [0.05, 0.1) is 16.7 Å². The third kappa shape index (κ3) is 5.01. The van der Waals surface area contributed by atoms with E-state index < -0.39 is 0 Å². The fraction of sp³-hybridized carbons (Fsp3) is 0.280. The Morgan fingerprint density at radius 2 is 1.91 bits per heavy atom. The Hall–Kier alpha value is -3.39. The molecule has 8 heteroatoms. The van der Waals surface area contributed by atoms with Crippen LogP contribution in [0.15, 0.2) is 71.1 Å². The van der Waals surface area contributed by atoms with Crippen molar-refractivity contribution in [3.63, 3.8) is 0 Å². The molecular formula is C25H27N5O2S. The number of nitrogens with one attached hydrogen (secondary N) is 1. The second-order valence-electron chi connectivity index (χ2n) is 7.83. The SMILES string of the molecule is C=CCn1c(=O)c2ccccc2n2c(SCC(=O)Nc3ccc(CCCCC)cc3)nnc12. The van der Waals surface area contributed by atoms with E-state index >= 15 is 0 Å². The Kier molecular flexibility index (Phi) is 7.24. The average Bonchev–Trinajstić information content (AvgIpc) is 3.26. The molecule has 0 aliphatic carbocycles. The van der Waals surface area contributed by atoms with Gasteiger partial charge in [-0.05, 0) is 42.7 Å². The largest absolute Gasteiger partial charge is 0.325 e. The average molecular weight is 462 g/mol. The van der Waals surface area contributed by atoms with E-state index in [1.165, 1.54) is 41.2 Å². The Labute approximate surface area is 196 Å². The molecular weight excluding hydrogens is 434 g/mol. The molecule has 0 saturated heterocycles. The topological polar surface area (TPSA) is 81.3 Å². The molecule has 0 radical (unpaired) electrons. The molecule has 0 fully saturated rings. The highest BCUT2D eigenvalue weighted by atomic mass is 32.2. The number of para-hydroxylation sites is 1. The molecule has 0 atom stereocenters. The molecule has 4 rings (SSSR count). The van der Waals surface area contributed by atoms with Crippen molar-refractivity contribution < 1.29 is 4.79 Å². The van der Waals surface area contributed by atoms with Crippen molar-refractivity contribution in [2.24, 2.45) is 0 Å². The molecule has 0 unspecified atom stereocenters. The van der Waals surface area contributed by atoms with Gasteiger partial charge in [0.25, 0.3) is 5.56 Å². The van der Waals surface area contributed by atoms with Gasteiger partial charge in [-0.15, -0.1) is 16.8 Å². The van der Waals surface area contributed by atoms with Gasteiger partial charge in [0, 0.05) is 12.2 Å². The van der Waals surface area contributed by atoms with E-state index in [1.807, 2.05) is 34.7 Å². The maximum atomic E-state index is 12.9. The van der Waals surface area contributed by atoms with Gasteiger partial charge in [0.2, 0.25) is 11.7 Å². The van der Waals surface area contributed by atoms with E-state index in [0.29, 0.717) is 28.4 Å². The number of rotatable bonds is 10. The number of fused-ring (bicyclic) bond motifs is 3. The minimum Gasteiger partial charge on any atom is -0.325 e. The highest BCUT2D eigenvalue weighted by Gasteiger charge is 2.17. The molecule has 4 aromatic rings. The summed E-state index contributed by atoms with van der Waals surface area (Å²) in [6.07, 6.45) is 6.32. The van der Waals surface area contributed by atoms with Crippen molar-refractivity contribution >= 4 is 40.0 Å².